The normalized spacial score (nSPS) is 19.0. The third-order valence-electron chi connectivity index (χ3n) is 3.74. The zero-order valence-electron chi connectivity index (χ0n) is 13.7. The van der Waals surface area contributed by atoms with Gasteiger partial charge in [-0.25, -0.2) is 9.59 Å². The molecule has 2 aliphatic rings. The van der Waals surface area contributed by atoms with E-state index in [1.165, 1.54) is 20.0 Å². The maximum absolute atomic E-state index is 11.9. The van der Waals surface area contributed by atoms with E-state index in [1.54, 1.807) is 0 Å². The Labute approximate surface area is 139 Å². The maximum Gasteiger partial charge on any atom is 0.350 e. The van der Waals surface area contributed by atoms with Gasteiger partial charge in [-0.05, 0) is 30.5 Å². The average molecular weight is 330 g/mol. The zero-order chi connectivity index (χ0) is 17.5. The molecule has 0 aromatic heterocycles. The third kappa shape index (κ3) is 3.10. The molecule has 1 fully saturated rings. The molecule has 1 aromatic carbocycles. The number of cyclic esters (lactones) is 2. The Morgan fingerprint density at radius 1 is 1.12 bits per heavy atom. The molecule has 24 heavy (non-hydrogen) atoms. The fourth-order valence-corrected chi connectivity index (χ4v) is 2.70. The summed E-state index contributed by atoms with van der Waals surface area (Å²) in [7, 11) is 0. The van der Waals surface area contributed by atoms with Crippen molar-refractivity contribution in [1.29, 1.82) is 0 Å². The summed E-state index contributed by atoms with van der Waals surface area (Å²) in [5.41, 5.74) is 3.04. The molecule has 3 rings (SSSR count). The monoisotopic (exact) mass is 330 g/mol. The predicted molar refractivity (Wildman–Crippen MR) is 86.1 cm³/mol. The molecule has 2 heterocycles. The maximum atomic E-state index is 11.9. The first kappa shape index (κ1) is 16.0. The van der Waals surface area contributed by atoms with E-state index < -0.39 is 17.7 Å². The molecule has 0 spiro atoms. The first-order valence-electron chi connectivity index (χ1n) is 7.62. The highest BCUT2D eigenvalue weighted by Gasteiger charge is 2.39. The van der Waals surface area contributed by atoms with Crippen LogP contribution in [0.25, 0.3) is 0 Å². The van der Waals surface area contributed by atoms with Gasteiger partial charge >= 0.3 is 11.9 Å². The minimum atomic E-state index is -1.28. The molecule has 2 aliphatic heterocycles. The van der Waals surface area contributed by atoms with Gasteiger partial charge < -0.3 is 20.1 Å². The van der Waals surface area contributed by atoms with E-state index in [0.717, 1.165) is 11.1 Å². The number of carbonyl (C=O) groups excluding carboxylic acids is 3. The molecular weight excluding hydrogens is 312 g/mol. The van der Waals surface area contributed by atoms with Gasteiger partial charge in [0.05, 0.1) is 11.4 Å². The zero-order valence-corrected chi connectivity index (χ0v) is 13.7. The molecule has 7 heteroatoms. The largest absolute Gasteiger partial charge is 0.419 e. The van der Waals surface area contributed by atoms with Crippen LogP contribution in [-0.2, 0) is 30.3 Å². The van der Waals surface area contributed by atoms with Crippen molar-refractivity contribution in [3.63, 3.8) is 0 Å². The van der Waals surface area contributed by atoms with Gasteiger partial charge in [-0.1, -0.05) is 6.07 Å². The molecule has 1 amide bonds. The molecule has 0 bridgehead atoms. The van der Waals surface area contributed by atoms with Crippen LogP contribution in [0.4, 0.5) is 11.4 Å². The Kier molecular flexibility index (Phi) is 3.79. The standard InChI is InChI=1S/C17H18N2O5/c1-9-6-10-4-5-13(20)19-14(10)12(7-9)18-8-11-15(21)23-17(2,3)24-16(11)22/h6-8,18H,4-5H2,1-3H3,(H,19,20). The second-order valence-electron chi connectivity index (χ2n) is 6.28. The quantitative estimate of drug-likeness (QED) is 0.489. The van der Waals surface area contributed by atoms with Crippen LogP contribution in [0.3, 0.4) is 0 Å². The first-order valence-corrected chi connectivity index (χ1v) is 7.62. The van der Waals surface area contributed by atoms with E-state index >= 15 is 0 Å². The second kappa shape index (κ2) is 5.67. The van der Waals surface area contributed by atoms with Crippen molar-refractivity contribution in [2.24, 2.45) is 0 Å². The Bertz CT molecular complexity index is 757. The van der Waals surface area contributed by atoms with Gasteiger partial charge in [-0.3, -0.25) is 4.79 Å². The first-order chi connectivity index (χ1) is 11.2. The van der Waals surface area contributed by atoms with Gasteiger partial charge in [-0.15, -0.1) is 0 Å². The predicted octanol–water partition coefficient (Wildman–Crippen LogP) is 2.01. The fraction of sp³-hybridized carbons (Fsp3) is 0.353. The summed E-state index contributed by atoms with van der Waals surface area (Å²) in [6, 6.07) is 3.82. The van der Waals surface area contributed by atoms with E-state index in [9.17, 15) is 14.4 Å². The lowest BCUT2D eigenvalue weighted by Crippen LogP contribution is -2.42. The number of nitrogens with one attached hydrogen (secondary N) is 2. The van der Waals surface area contributed by atoms with Gasteiger partial charge in [0.2, 0.25) is 5.91 Å². The van der Waals surface area contributed by atoms with Crippen molar-refractivity contribution in [3.8, 4) is 0 Å². The van der Waals surface area contributed by atoms with Crippen LogP contribution in [-0.4, -0.2) is 23.6 Å². The van der Waals surface area contributed by atoms with E-state index in [2.05, 4.69) is 10.6 Å². The average Bonchev–Trinajstić information content (AvgIpc) is 2.45. The van der Waals surface area contributed by atoms with Crippen molar-refractivity contribution in [2.75, 3.05) is 10.6 Å². The highest BCUT2D eigenvalue weighted by atomic mass is 16.7. The number of esters is 2. The number of hydrogen-bond acceptors (Lipinski definition) is 6. The summed E-state index contributed by atoms with van der Waals surface area (Å²) >= 11 is 0. The van der Waals surface area contributed by atoms with Crippen LogP contribution in [0.2, 0.25) is 0 Å². The van der Waals surface area contributed by atoms with Gasteiger partial charge in [0.25, 0.3) is 5.79 Å². The summed E-state index contributed by atoms with van der Waals surface area (Å²) in [5, 5.41) is 5.73. The molecule has 1 aromatic rings. The minimum Gasteiger partial charge on any atom is -0.419 e. The molecule has 0 unspecified atom stereocenters. The van der Waals surface area contributed by atoms with Crippen LogP contribution in [0, 0.1) is 6.92 Å². The third-order valence-corrected chi connectivity index (χ3v) is 3.74. The number of benzene rings is 1. The fourth-order valence-electron chi connectivity index (χ4n) is 2.70. The van der Waals surface area contributed by atoms with E-state index in [4.69, 9.17) is 9.47 Å². The van der Waals surface area contributed by atoms with Crippen molar-refractivity contribution < 1.29 is 23.9 Å². The summed E-state index contributed by atoms with van der Waals surface area (Å²) in [4.78, 5) is 35.5. The number of carbonyl (C=O) groups is 3. The molecule has 126 valence electrons. The molecule has 1 saturated heterocycles. The topological polar surface area (TPSA) is 93.7 Å². The molecule has 0 saturated carbocycles. The Morgan fingerprint density at radius 2 is 1.79 bits per heavy atom. The molecule has 0 atom stereocenters. The molecule has 0 radical (unpaired) electrons. The lowest BCUT2D eigenvalue weighted by Gasteiger charge is -2.29. The Balaban J connectivity index is 1.89. The highest BCUT2D eigenvalue weighted by molar-refractivity contribution is 6.15. The summed E-state index contributed by atoms with van der Waals surface area (Å²) in [6.45, 7) is 4.90. The Morgan fingerprint density at radius 3 is 2.46 bits per heavy atom. The second-order valence-corrected chi connectivity index (χ2v) is 6.28. The molecular formula is C17H18N2O5. The number of rotatable bonds is 2. The summed E-state index contributed by atoms with van der Waals surface area (Å²) in [5.74, 6) is -2.86. The van der Waals surface area contributed by atoms with Gasteiger partial charge in [-0.2, -0.15) is 0 Å². The lowest BCUT2D eigenvalue weighted by atomic mass is 9.99. The highest BCUT2D eigenvalue weighted by Crippen LogP contribution is 2.32. The number of anilines is 2. The number of ether oxygens (including phenoxy) is 2. The van der Waals surface area contributed by atoms with Crippen molar-refractivity contribution in [1.82, 2.24) is 0 Å². The van der Waals surface area contributed by atoms with E-state index in [1.807, 2.05) is 19.1 Å². The number of aryl methyl sites for hydroxylation is 2. The van der Waals surface area contributed by atoms with Gasteiger partial charge in [0, 0.05) is 26.5 Å². The van der Waals surface area contributed by atoms with Crippen LogP contribution in [0.15, 0.2) is 23.9 Å². The number of hydrogen-bond donors (Lipinski definition) is 2. The van der Waals surface area contributed by atoms with E-state index in [-0.39, 0.29) is 11.5 Å². The van der Waals surface area contributed by atoms with Crippen LogP contribution < -0.4 is 10.6 Å². The summed E-state index contributed by atoms with van der Waals surface area (Å²) in [6.07, 6.45) is 2.33. The van der Waals surface area contributed by atoms with Gasteiger partial charge in [0.15, 0.2) is 5.57 Å². The van der Waals surface area contributed by atoms with Crippen molar-refractivity contribution in [2.45, 2.75) is 39.4 Å². The van der Waals surface area contributed by atoms with Gasteiger partial charge in [0.1, 0.15) is 0 Å². The molecule has 7 nitrogen and oxygen atoms in total. The minimum absolute atomic E-state index is 0.0692. The number of amides is 1. The SMILES string of the molecule is Cc1cc2c(c(NC=C3C(=O)OC(C)(C)OC3=O)c1)NC(=O)CC2. The summed E-state index contributed by atoms with van der Waals surface area (Å²) < 4.78 is 10.1. The molecule has 2 N–H and O–H groups in total. The van der Waals surface area contributed by atoms with E-state index in [0.29, 0.717) is 24.2 Å². The van der Waals surface area contributed by atoms with Crippen molar-refractivity contribution in [3.05, 3.63) is 35.0 Å². The van der Waals surface area contributed by atoms with Crippen LogP contribution in [0.5, 0.6) is 0 Å². The van der Waals surface area contributed by atoms with Crippen molar-refractivity contribution >= 4 is 29.2 Å². The smallest absolute Gasteiger partial charge is 0.350 e. The van der Waals surface area contributed by atoms with Crippen LogP contribution in [0.1, 0.15) is 31.4 Å². The number of fused-ring (bicyclic) bond motifs is 1. The molecule has 0 aliphatic carbocycles. The lowest BCUT2D eigenvalue weighted by molar-refractivity contribution is -0.222. The Hall–Kier alpha value is -2.83. The van der Waals surface area contributed by atoms with Crippen LogP contribution >= 0.6 is 0 Å².